The van der Waals surface area contributed by atoms with E-state index in [1.807, 2.05) is 44.2 Å². The molecule has 2 amide bonds. The largest absolute Gasteiger partial charge is 0.355 e. The zero-order valence-electron chi connectivity index (χ0n) is 12.9. The molecule has 1 aromatic carbocycles. The molecule has 0 bridgehead atoms. The smallest absolute Gasteiger partial charge is 0.224 e. The molecule has 0 saturated carbocycles. The molecule has 0 aliphatic carbocycles. The highest BCUT2D eigenvalue weighted by atomic mass is 16.2. The molecule has 4 heteroatoms. The van der Waals surface area contributed by atoms with Gasteiger partial charge in [0.25, 0.3) is 0 Å². The first kappa shape index (κ1) is 17.0. The van der Waals surface area contributed by atoms with Crippen molar-refractivity contribution in [3.63, 3.8) is 0 Å². The molecule has 0 heterocycles. The van der Waals surface area contributed by atoms with Crippen LogP contribution in [0, 0.1) is 0 Å². The molecular formula is C17H24N2O2. The van der Waals surface area contributed by atoms with Crippen molar-refractivity contribution < 1.29 is 9.59 Å². The number of carbonyl (C=O) groups excluding carboxylic acids is 2. The molecule has 1 aromatic rings. The van der Waals surface area contributed by atoms with Crippen LogP contribution in [-0.2, 0) is 16.0 Å². The summed E-state index contributed by atoms with van der Waals surface area (Å²) in [5, 5.41) is 2.79. The number of nitrogens with zero attached hydrogens (tertiary/aromatic N) is 1. The number of hydrogen-bond donors (Lipinski definition) is 1. The van der Waals surface area contributed by atoms with E-state index in [1.165, 1.54) is 0 Å². The van der Waals surface area contributed by atoms with Crippen molar-refractivity contribution in [3.05, 3.63) is 48.0 Å². The summed E-state index contributed by atoms with van der Waals surface area (Å²) in [5.41, 5.74) is 1.93. The van der Waals surface area contributed by atoms with Gasteiger partial charge in [0.05, 0.1) is 6.42 Å². The fraction of sp³-hybridized carbons (Fsp3) is 0.412. The minimum absolute atomic E-state index is 0.0421. The van der Waals surface area contributed by atoms with Gasteiger partial charge >= 0.3 is 0 Å². The molecule has 0 aliphatic heterocycles. The molecule has 0 radical (unpaired) electrons. The highest BCUT2D eigenvalue weighted by Crippen LogP contribution is 2.00. The number of carbonyl (C=O) groups is 2. The summed E-state index contributed by atoms with van der Waals surface area (Å²) < 4.78 is 0. The summed E-state index contributed by atoms with van der Waals surface area (Å²) in [6, 6.07) is 9.56. The van der Waals surface area contributed by atoms with Crippen LogP contribution in [0.4, 0.5) is 0 Å². The highest BCUT2D eigenvalue weighted by molar-refractivity contribution is 5.80. The van der Waals surface area contributed by atoms with Crippen LogP contribution >= 0.6 is 0 Å². The predicted octanol–water partition coefficient (Wildman–Crippen LogP) is 2.16. The SMILES string of the molecule is C=C(C)CN(CC)C(=O)CCNC(=O)Cc1ccccc1. The van der Waals surface area contributed by atoms with Crippen molar-refractivity contribution >= 4 is 11.8 Å². The van der Waals surface area contributed by atoms with Gasteiger partial charge in [0.15, 0.2) is 0 Å². The summed E-state index contributed by atoms with van der Waals surface area (Å²) in [4.78, 5) is 25.5. The average Bonchev–Trinajstić information content (AvgIpc) is 2.45. The maximum absolute atomic E-state index is 12.0. The number of benzene rings is 1. The summed E-state index contributed by atoms with van der Waals surface area (Å²) in [6.45, 7) is 9.26. The van der Waals surface area contributed by atoms with E-state index in [2.05, 4.69) is 11.9 Å². The molecular weight excluding hydrogens is 264 g/mol. The van der Waals surface area contributed by atoms with Gasteiger partial charge in [-0.05, 0) is 19.4 Å². The van der Waals surface area contributed by atoms with Crippen LogP contribution in [0.1, 0.15) is 25.8 Å². The predicted molar refractivity (Wildman–Crippen MR) is 84.8 cm³/mol. The van der Waals surface area contributed by atoms with Crippen LogP contribution in [0.25, 0.3) is 0 Å². The van der Waals surface area contributed by atoms with Gasteiger partial charge in [-0.1, -0.05) is 42.5 Å². The molecule has 1 N–H and O–H groups in total. The van der Waals surface area contributed by atoms with E-state index in [0.29, 0.717) is 32.5 Å². The van der Waals surface area contributed by atoms with Crippen molar-refractivity contribution in [1.82, 2.24) is 10.2 Å². The third kappa shape index (κ3) is 6.75. The number of likely N-dealkylation sites (N-methyl/N-ethyl adjacent to an activating group) is 1. The molecule has 0 atom stereocenters. The third-order valence-corrected chi connectivity index (χ3v) is 3.06. The van der Waals surface area contributed by atoms with Gasteiger partial charge in [0.2, 0.25) is 11.8 Å². The van der Waals surface area contributed by atoms with E-state index in [-0.39, 0.29) is 11.8 Å². The van der Waals surface area contributed by atoms with E-state index in [4.69, 9.17) is 0 Å². The van der Waals surface area contributed by atoms with Crippen molar-refractivity contribution in [2.45, 2.75) is 26.7 Å². The molecule has 4 nitrogen and oxygen atoms in total. The molecule has 0 saturated heterocycles. The molecule has 0 spiro atoms. The van der Waals surface area contributed by atoms with Gasteiger partial charge in [-0.3, -0.25) is 9.59 Å². The Labute approximate surface area is 126 Å². The first-order valence-corrected chi connectivity index (χ1v) is 7.25. The molecule has 21 heavy (non-hydrogen) atoms. The van der Waals surface area contributed by atoms with Crippen LogP contribution in [0.5, 0.6) is 0 Å². The van der Waals surface area contributed by atoms with Crippen LogP contribution in [0.15, 0.2) is 42.5 Å². The topological polar surface area (TPSA) is 49.4 Å². The van der Waals surface area contributed by atoms with Crippen molar-refractivity contribution in [3.8, 4) is 0 Å². The number of amides is 2. The molecule has 0 aromatic heterocycles. The number of rotatable bonds is 8. The maximum atomic E-state index is 12.0. The fourth-order valence-corrected chi connectivity index (χ4v) is 2.01. The first-order chi connectivity index (χ1) is 10.0. The van der Waals surface area contributed by atoms with Crippen molar-refractivity contribution in [2.24, 2.45) is 0 Å². The van der Waals surface area contributed by atoms with Gasteiger partial charge in [-0.25, -0.2) is 0 Å². The molecule has 0 fully saturated rings. The van der Waals surface area contributed by atoms with Crippen LogP contribution in [0.3, 0.4) is 0 Å². The average molecular weight is 288 g/mol. The summed E-state index contributed by atoms with van der Waals surface area (Å²) >= 11 is 0. The van der Waals surface area contributed by atoms with Crippen LogP contribution in [-0.4, -0.2) is 36.3 Å². The van der Waals surface area contributed by atoms with Gasteiger partial charge in [-0.15, -0.1) is 0 Å². The Balaban J connectivity index is 2.30. The van der Waals surface area contributed by atoms with Crippen LogP contribution < -0.4 is 5.32 Å². The zero-order valence-corrected chi connectivity index (χ0v) is 12.9. The van der Waals surface area contributed by atoms with Crippen molar-refractivity contribution in [2.75, 3.05) is 19.6 Å². The lowest BCUT2D eigenvalue weighted by Gasteiger charge is -2.21. The quantitative estimate of drug-likeness (QED) is 0.745. The molecule has 0 aliphatic rings. The second-order valence-electron chi connectivity index (χ2n) is 5.13. The van der Waals surface area contributed by atoms with Gasteiger partial charge in [0.1, 0.15) is 0 Å². The van der Waals surface area contributed by atoms with E-state index in [0.717, 1.165) is 11.1 Å². The second-order valence-corrected chi connectivity index (χ2v) is 5.13. The first-order valence-electron chi connectivity index (χ1n) is 7.25. The third-order valence-electron chi connectivity index (χ3n) is 3.06. The Morgan fingerprint density at radius 1 is 1.24 bits per heavy atom. The van der Waals surface area contributed by atoms with E-state index >= 15 is 0 Å². The van der Waals surface area contributed by atoms with E-state index < -0.39 is 0 Å². The normalized spacial score (nSPS) is 10.0. The maximum Gasteiger partial charge on any atom is 0.224 e. The lowest BCUT2D eigenvalue weighted by atomic mass is 10.1. The lowest BCUT2D eigenvalue weighted by Crippen LogP contribution is -2.35. The minimum Gasteiger partial charge on any atom is -0.355 e. The Morgan fingerprint density at radius 2 is 1.90 bits per heavy atom. The van der Waals surface area contributed by atoms with Crippen LogP contribution in [0.2, 0.25) is 0 Å². The summed E-state index contributed by atoms with van der Waals surface area (Å²) in [5.74, 6) is -0.0162. The van der Waals surface area contributed by atoms with Crippen molar-refractivity contribution in [1.29, 1.82) is 0 Å². The standard InChI is InChI=1S/C17H24N2O2/c1-4-19(13-14(2)3)17(21)10-11-18-16(20)12-15-8-6-5-7-9-15/h5-9H,2,4,10-13H2,1,3H3,(H,18,20). The summed E-state index contributed by atoms with van der Waals surface area (Å²) in [7, 11) is 0. The molecule has 114 valence electrons. The number of nitrogens with one attached hydrogen (secondary N) is 1. The summed E-state index contributed by atoms with van der Waals surface area (Å²) in [6.07, 6.45) is 0.667. The Bertz CT molecular complexity index is 483. The van der Waals surface area contributed by atoms with Gasteiger partial charge in [0, 0.05) is 26.1 Å². The minimum atomic E-state index is -0.0584. The lowest BCUT2D eigenvalue weighted by molar-refractivity contribution is -0.130. The monoisotopic (exact) mass is 288 g/mol. The highest BCUT2D eigenvalue weighted by Gasteiger charge is 2.11. The molecule has 1 rings (SSSR count). The zero-order chi connectivity index (χ0) is 15.7. The Kier molecular flexibility index (Phi) is 7.23. The molecule has 0 unspecified atom stereocenters. The van der Waals surface area contributed by atoms with Gasteiger partial charge in [-0.2, -0.15) is 0 Å². The number of hydrogen-bond acceptors (Lipinski definition) is 2. The Hall–Kier alpha value is -2.10. The van der Waals surface area contributed by atoms with E-state index in [9.17, 15) is 9.59 Å². The van der Waals surface area contributed by atoms with E-state index in [1.54, 1.807) is 4.90 Å². The fourth-order valence-electron chi connectivity index (χ4n) is 2.01. The Morgan fingerprint density at radius 3 is 2.48 bits per heavy atom. The second kappa shape index (κ2) is 8.95. The van der Waals surface area contributed by atoms with Gasteiger partial charge < -0.3 is 10.2 Å².